The highest BCUT2D eigenvalue weighted by Crippen LogP contribution is 1.94. The lowest BCUT2D eigenvalue weighted by Gasteiger charge is -2.17. The summed E-state index contributed by atoms with van der Waals surface area (Å²) in [5.74, 6) is 0. The summed E-state index contributed by atoms with van der Waals surface area (Å²) in [6, 6.07) is -0.387. The Kier molecular flexibility index (Phi) is 4.21. The number of hydrogen-bond donors (Lipinski definition) is 2. The van der Waals surface area contributed by atoms with Crippen molar-refractivity contribution >= 4 is 12.4 Å². The zero-order valence-corrected chi connectivity index (χ0v) is 6.90. The molecule has 0 aromatic heterocycles. The van der Waals surface area contributed by atoms with E-state index in [0.717, 1.165) is 11.2 Å². The average molecular weight is 168 g/mol. The van der Waals surface area contributed by atoms with E-state index in [0.29, 0.717) is 0 Å². The summed E-state index contributed by atoms with van der Waals surface area (Å²) < 4.78 is 0. The molecule has 0 aliphatic carbocycles. The maximum atomic E-state index is 11.2. The molecule has 5 heteroatoms. The molecule has 0 spiro atoms. The molecule has 2 amide bonds. The lowest BCUT2D eigenvalue weighted by atomic mass is 10.6. The van der Waals surface area contributed by atoms with Gasteiger partial charge in [0.25, 0.3) is 0 Å². The van der Waals surface area contributed by atoms with E-state index in [1.807, 2.05) is 0 Å². The van der Waals surface area contributed by atoms with Gasteiger partial charge in [0, 0.05) is 25.6 Å². The molecule has 0 aliphatic rings. The fourth-order valence-corrected chi connectivity index (χ4v) is 0.561. The van der Waals surface area contributed by atoms with E-state index in [-0.39, 0.29) is 6.03 Å². The van der Waals surface area contributed by atoms with Gasteiger partial charge in [0.15, 0.2) is 0 Å². The first-order valence-electron chi connectivity index (χ1n) is 3.24. The Bertz CT molecular complexity index is 203. The molecule has 0 atom stereocenters. The van der Waals surface area contributed by atoms with Crippen LogP contribution in [0.2, 0.25) is 0 Å². The number of hydrogen-bond acceptors (Lipinski definition) is 3. The first-order valence-corrected chi connectivity index (χ1v) is 3.24. The van der Waals surface area contributed by atoms with Crippen LogP contribution in [0.1, 0.15) is 0 Å². The summed E-state index contributed by atoms with van der Waals surface area (Å²) in [5, 5.41) is 6.84. The topological polar surface area (TPSA) is 73.4 Å². The van der Waals surface area contributed by atoms with E-state index in [4.69, 9.17) is 11.1 Å². The first kappa shape index (κ1) is 10.2. The van der Waals surface area contributed by atoms with Crippen LogP contribution in [-0.2, 0) is 0 Å². The Balaban J connectivity index is 4.34. The lowest BCUT2D eigenvalue weighted by molar-refractivity contribution is 0.210. The fraction of sp³-hybridized carbons (Fsp3) is 0.143. The second-order valence-electron chi connectivity index (χ2n) is 1.95. The standard InChI is InChI=1S/C7H12N4O/c1-3-11(6-9)7(12)10(2)5-4-8/h3-6,9H,1,8H2,2H3/b5-4-,9-6?. The summed E-state index contributed by atoms with van der Waals surface area (Å²) in [6.07, 6.45) is 4.75. The van der Waals surface area contributed by atoms with Gasteiger partial charge in [-0.25, -0.2) is 4.79 Å². The largest absolute Gasteiger partial charge is 0.403 e. The van der Waals surface area contributed by atoms with Gasteiger partial charge in [0.2, 0.25) is 0 Å². The van der Waals surface area contributed by atoms with Crippen LogP contribution in [0.5, 0.6) is 0 Å². The van der Waals surface area contributed by atoms with Crippen LogP contribution in [0.4, 0.5) is 4.79 Å². The Morgan fingerprint density at radius 1 is 1.67 bits per heavy atom. The number of carbonyl (C=O) groups is 1. The van der Waals surface area contributed by atoms with Crippen LogP contribution in [0.15, 0.2) is 25.2 Å². The minimum absolute atomic E-state index is 0.387. The minimum atomic E-state index is -0.387. The molecule has 0 radical (unpaired) electrons. The number of nitrogens with one attached hydrogen (secondary N) is 1. The summed E-state index contributed by atoms with van der Waals surface area (Å²) in [7, 11) is 1.53. The van der Waals surface area contributed by atoms with E-state index < -0.39 is 0 Å². The SMILES string of the molecule is C=CN(C=N)C(=O)N(C)/C=C\N. The molecule has 0 heterocycles. The molecule has 0 saturated carbocycles. The van der Waals surface area contributed by atoms with E-state index in [9.17, 15) is 4.79 Å². The highest BCUT2D eigenvalue weighted by atomic mass is 16.2. The van der Waals surface area contributed by atoms with Gasteiger partial charge in [-0.3, -0.25) is 10.3 Å². The smallest absolute Gasteiger partial charge is 0.333 e. The van der Waals surface area contributed by atoms with Gasteiger partial charge in [0.1, 0.15) is 0 Å². The van der Waals surface area contributed by atoms with Gasteiger partial charge < -0.3 is 10.6 Å². The number of amides is 2. The summed E-state index contributed by atoms with van der Waals surface area (Å²) in [5.41, 5.74) is 5.07. The molecule has 0 fully saturated rings. The molecule has 0 unspecified atom stereocenters. The van der Waals surface area contributed by atoms with Crippen LogP contribution in [-0.4, -0.2) is 29.2 Å². The van der Waals surface area contributed by atoms with Gasteiger partial charge >= 0.3 is 6.03 Å². The molecule has 0 rings (SSSR count). The maximum absolute atomic E-state index is 11.2. The second kappa shape index (κ2) is 4.95. The predicted octanol–water partition coefficient (Wildman–Crippen LogP) is 0.521. The Morgan fingerprint density at radius 3 is 2.58 bits per heavy atom. The van der Waals surface area contributed by atoms with Crippen molar-refractivity contribution in [2.24, 2.45) is 5.73 Å². The summed E-state index contributed by atoms with van der Waals surface area (Å²) in [4.78, 5) is 13.5. The molecule has 5 nitrogen and oxygen atoms in total. The Labute approximate surface area is 71.3 Å². The molecule has 0 bridgehead atoms. The lowest BCUT2D eigenvalue weighted by Crippen LogP contribution is -2.33. The number of carbonyl (C=O) groups excluding carboxylic acids is 1. The van der Waals surface area contributed by atoms with E-state index >= 15 is 0 Å². The predicted molar refractivity (Wildman–Crippen MR) is 47.3 cm³/mol. The monoisotopic (exact) mass is 168 g/mol. The van der Waals surface area contributed by atoms with Gasteiger partial charge in [-0.2, -0.15) is 0 Å². The van der Waals surface area contributed by atoms with Gasteiger partial charge in [0.05, 0.1) is 6.34 Å². The Hall–Kier alpha value is -1.78. The zero-order valence-electron chi connectivity index (χ0n) is 6.90. The number of rotatable bonds is 3. The Morgan fingerprint density at radius 2 is 2.25 bits per heavy atom. The molecular formula is C7H12N4O. The summed E-state index contributed by atoms with van der Waals surface area (Å²) in [6.45, 7) is 3.37. The maximum Gasteiger partial charge on any atom is 0.333 e. The fourth-order valence-electron chi connectivity index (χ4n) is 0.561. The van der Waals surface area contributed by atoms with Gasteiger partial charge in [-0.15, -0.1) is 0 Å². The molecule has 12 heavy (non-hydrogen) atoms. The number of urea groups is 1. The van der Waals surface area contributed by atoms with E-state index in [2.05, 4.69) is 6.58 Å². The normalized spacial score (nSPS) is 9.42. The third-order valence-corrected chi connectivity index (χ3v) is 1.17. The average Bonchev–Trinajstić information content (AvgIpc) is 2.07. The van der Waals surface area contributed by atoms with Crippen LogP contribution >= 0.6 is 0 Å². The number of nitrogens with two attached hydrogens (primary N) is 1. The van der Waals surface area contributed by atoms with Crippen LogP contribution in [0.3, 0.4) is 0 Å². The summed E-state index contributed by atoms with van der Waals surface area (Å²) >= 11 is 0. The third kappa shape index (κ3) is 2.45. The molecule has 0 aromatic carbocycles. The molecule has 0 saturated heterocycles. The first-order chi connectivity index (χ1) is 5.67. The van der Waals surface area contributed by atoms with Crippen molar-refractivity contribution in [2.45, 2.75) is 0 Å². The van der Waals surface area contributed by atoms with Crippen LogP contribution < -0.4 is 5.73 Å². The van der Waals surface area contributed by atoms with Crippen molar-refractivity contribution < 1.29 is 4.79 Å². The zero-order chi connectivity index (χ0) is 9.56. The van der Waals surface area contributed by atoms with Crippen LogP contribution in [0, 0.1) is 5.41 Å². The van der Waals surface area contributed by atoms with Crippen molar-refractivity contribution in [3.63, 3.8) is 0 Å². The van der Waals surface area contributed by atoms with Crippen molar-refractivity contribution in [1.29, 1.82) is 5.41 Å². The quantitative estimate of drug-likeness (QED) is 0.476. The molecule has 0 aliphatic heterocycles. The van der Waals surface area contributed by atoms with Crippen molar-refractivity contribution in [3.8, 4) is 0 Å². The third-order valence-electron chi connectivity index (χ3n) is 1.17. The molecule has 66 valence electrons. The van der Waals surface area contributed by atoms with Gasteiger partial charge in [-0.1, -0.05) is 6.58 Å². The van der Waals surface area contributed by atoms with Crippen molar-refractivity contribution in [2.75, 3.05) is 7.05 Å². The number of nitrogens with zero attached hydrogens (tertiary/aromatic N) is 2. The molecule has 0 aromatic rings. The second-order valence-corrected chi connectivity index (χ2v) is 1.95. The van der Waals surface area contributed by atoms with Gasteiger partial charge in [-0.05, 0) is 0 Å². The van der Waals surface area contributed by atoms with E-state index in [1.165, 1.54) is 30.5 Å². The molecule has 3 N–H and O–H groups in total. The van der Waals surface area contributed by atoms with E-state index in [1.54, 1.807) is 0 Å². The molecular weight excluding hydrogens is 156 g/mol. The van der Waals surface area contributed by atoms with Crippen molar-refractivity contribution in [3.05, 3.63) is 25.2 Å². The minimum Gasteiger partial charge on any atom is -0.403 e. The van der Waals surface area contributed by atoms with Crippen LogP contribution in [0.25, 0.3) is 0 Å². The highest BCUT2D eigenvalue weighted by molar-refractivity contribution is 5.87. The highest BCUT2D eigenvalue weighted by Gasteiger charge is 2.10. The van der Waals surface area contributed by atoms with Crippen molar-refractivity contribution in [1.82, 2.24) is 9.80 Å².